The van der Waals surface area contributed by atoms with Gasteiger partial charge in [0.1, 0.15) is 17.2 Å². The molecule has 0 aliphatic rings. The maximum absolute atomic E-state index is 12.5. The first-order valence-corrected chi connectivity index (χ1v) is 11.0. The molecule has 4 rings (SSSR count). The molecule has 0 fully saturated rings. The van der Waals surface area contributed by atoms with Gasteiger partial charge in [0.05, 0.1) is 6.61 Å². The summed E-state index contributed by atoms with van der Waals surface area (Å²) in [7, 11) is 0. The second kappa shape index (κ2) is 10.6. The van der Waals surface area contributed by atoms with Crippen LogP contribution < -0.4 is 14.8 Å². The zero-order valence-electron chi connectivity index (χ0n) is 18.2. The van der Waals surface area contributed by atoms with E-state index in [1.807, 2.05) is 90.4 Å². The first-order chi connectivity index (χ1) is 16.1. The number of benzene rings is 3. The van der Waals surface area contributed by atoms with Crippen molar-refractivity contribution in [3.05, 3.63) is 83.6 Å². The summed E-state index contributed by atoms with van der Waals surface area (Å²) in [4.78, 5) is 12.5. The van der Waals surface area contributed by atoms with Gasteiger partial charge in [-0.05, 0) is 79.8 Å². The van der Waals surface area contributed by atoms with Crippen molar-refractivity contribution >= 4 is 23.8 Å². The molecule has 0 atom stereocenters. The zero-order valence-corrected chi connectivity index (χ0v) is 19.0. The number of nitrogens with one attached hydrogen (secondary N) is 2. The number of H-pyrrole nitrogens is 1. The lowest BCUT2D eigenvalue weighted by Gasteiger charge is -2.10. The number of carbonyl (C=O) groups excluding carboxylic acids is 1. The Morgan fingerprint density at radius 3 is 2.33 bits per heavy atom. The number of aromatic amines is 1. The highest BCUT2D eigenvalue weighted by atomic mass is 32.1. The molecule has 7 nitrogen and oxygen atoms in total. The molecular formula is C25H24N4O3S. The summed E-state index contributed by atoms with van der Waals surface area (Å²) in [6.45, 7) is 2.95. The van der Waals surface area contributed by atoms with Crippen molar-refractivity contribution in [3.63, 3.8) is 0 Å². The van der Waals surface area contributed by atoms with E-state index in [0.29, 0.717) is 35.2 Å². The van der Waals surface area contributed by atoms with E-state index in [9.17, 15) is 4.79 Å². The molecule has 1 amide bonds. The Labute approximate surface area is 197 Å². The number of carbonyl (C=O) groups is 1. The summed E-state index contributed by atoms with van der Waals surface area (Å²) in [5.74, 6) is 2.81. The topological polar surface area (TPSA) is 81.2 Å². The van der Waals surface area contributed by atoms with Gasteiger partial charge >= 0.3 is 0 Å². The van der Waals surface area contributed by atoms with Crippen LogP contribution in [0.3, 0.4) is 0 Å². The molecule has 168 valence electrons. The number of nitrogens with zero attached hydrogens (tertiary/aromatic N) is 2. The van der Waals surface area contributed by atoms with E-state index in [4.69, 9.17) is 21.7 Å². The van der Waals surface area contributed by atoms with Crippen molar-refractivity contribution in [2.45, 2.75) is 19.9 Å². The van der Waals surface area contributed by atoms with Crippen LogP contribution in [0.4, 0.5) is 5.69 Å². The lowest BCUT2D eigenvalue weighted by atomic mass is 10.2. The number of anilines is 1. The monoisotopic (exact) mass is 460 g/mol. The summed E-state index contributed by atoms with van der Waals surface area (Å²) >= 11 is 5.36. The molecule has 2 N–H and O–H groups in total. The molecule has 1 heterocycles. The van der Waals surface area contributed by atoms with E-state index >= 15 is 0 Å². The van der Waals surface area contributed by atoms with Gasteiger partial charge in [-0.1, -0.05) is 18.2 Å². The van der Waals surface area contributed by atoms with Crippen LogP contribution in [-0.4, -0.2) is 27.3 Å². The van der Waals surface area contributed by atoms with Gasteiger partial charge < -0.3 is 14.8 Å². The highest BCUT2D eigenvalue weighted by molar-refractivity contribution is 7.71. The summed E-state index contributed by atoms with van der Waals surface area (Å²) in [5, 5.41) is 10.0. The Balaban J connectivity index is 1.35. The van der Waals surface area contributed by atoms with Crippen LogP contribution >= 0.6 is 12.2 Å². The molecule has 0 saturated carbocycles. The molecule has 33 heavy (non-hydrogen) atoms. The largest absolute Gasteiger partial charge is 0.494 e. The smallest absolute Gasteiger partial charge is 0.226 e. The first kappa shape index (κ1) is 22.3. The fourth-order valence-electron chi connectivity index (χ4n) is 3.28. The molecule has 0 bridgehead atoms. The predicted molar refractivity (Wildman–Crippen MR) is 130 cm³/mol. The Morgan fingerprint density at radius 2 is 1.64 bits per heavy atom. The second-order valence-corrected chi connectivity index (χ2v) is 7.59. The van der Waals surface area contributed by atoms with Gasteiger partial charge in [0.2, 0.25) is 5.91 Å². The van der Waals surface area contributed by atoms with Gasteiger partial charge in [-0.2, -0.15) is 5.10 Å². The minimum atomic E-state index is -0.118. The molecule has 8 heteroatoms. The SMILES string of the molecule is CCOc1ccc(-c2n[nH]c(=S)n2CCC(=O)Nc2ccc(Oc3ccccc3)cc2)cc1. The van der Waals surface area contributed by atoms with Crippen molar-refractivity contribution in [3.8, 4) is 28.6 Å². The Hall–Kier alpha value is -3.91. The van der Waals surface area contributed by atoms with E-state index in [1.165, 1.54) is 0 Å². The summed E-state index contributed by atoms with van der Waals surface area (Å²) in [6, 6.07) is 24.4. The highest BCUT2D eigenvalue weighted by Crippen LogP contribution is 2.23. The molecule has 3 aromatic carbocycles. The van der Waals surface area contributed by atoms with Crippen molar-refractivity contribution in [2.24, 2.45) is 0 Å². The van der Waals surface area contributed by atoms with E-state index in [-0.39, 0.29) is 12.3 Å². The number of ether oxygens (including phenoxy) is 2. The van der Waals surface area contributed by atoms with Gasteiger partial charge in [-0.3, -0.25) is 14.5 Å². The van der Waals surface area contributed by atoms with E-state index in [2.05, 4.69) is 15.5 Å². The van der Waals surface area contributed by atoms with Crippen molar-refractivity contribution in [2.75, 3.05) is 11.9 Å². The van der Waals surface area contributed by atoms with Crippen LogP contribution in [0.15, 0.2) is 78.9 Å². The predicted octanol–water partition coefficient (Wildman–Crippen LogP) is 5.83. The fraction of sp³-hybridized carbons (Fsp3) is 0.160. The van der Waals surface area contributed by atoms with Gasteiger partial charge in [-0.25, -0.2) is 0 Å². The molecule has 0 aliphatic carbocycles. The van der Waals surface area contributed by atoms with Crippen LogP contribution in [0.2, 0.25) is 0 Å². The summed E-state index contributed by atoms with van der Waals surface area (Å²) in [5.41, 5.74) is 1.59. The minimum Gasteiger partial charge on any atom is -0.494 e. The third-order valence-corrected chi connectivity index (χ3v) is 5.17. The number of para-hydroxylation sites is 1. The number of aromatic nitrogens is 3. The molecular weight excluding hydrogens is 436 g/mol. The standard InChI is InChI=1S/C25H24N4O3S/c1-2-31-20-12-8-18(9-13-20)24-27-28-25(33)29(24)17-16-23(30)26-19-10-14-22(15-11-19)32-21-6-4-3-5-7-21/h3-15H,2,16-17H2,1H3,(H,26,30)(H,28,33). The van der Waals surface area contributed by atoms with Crippen LogP contribution in [0, 0.1) is 4.77 Å². The summed E-state index contributed by atoms with van der Waals surface area (Å²) < 4.78 is 13.6. The minimum absolute atomic E-state index is 0.118. The van der Waals surface area contributed by atoms with Crippen molar-refractivity contribution in [1.29, 1.82) is 0 Å². The Bertz CT molecular complexity index is 1250. The maximum Gasteiger partial charge on any atom is 0.226 e. The molecule has 4 aromatic rings. The lowest BCUT2D eigenvalue weighted by molar-refractivity contribution is -0.116. The summed E-state index contributed by atoms with van der Waals surface area (Å²) in [6.07, 6.45) is 0.250. The highest BCUT2D eigenvalue weighted by Gasteiger charge is 2.11. The number of rotatable bonds is 9. The normalized spacial score (nSPS) is 10.6. The first-order valence-electron chi connectivity index (χ1n) is 10.6. The number of hydrogen-bond acceptors (Lipinski definition) is 5. The van der Waals surface area contributed by atoms with Crippen LogP contribution in [0.1, 0.15) is 13.3 Å². The quantitative estimate of drug-likeness (QED) is 0.307. The van der Waals surface area contributed by atoms with E-state index in [0.717, 1.165) is 17.1 Å². The Morgan fingerprint density at radius 1 is 0.970 bits per heavy atom. The lowest BCUT2D eigenvalue weighted by Crippen LogP contribution is -2.15. The van der Waals surface area contributed by atoms with Crippen LogP contribution in [0.25, 0.3) is 11.4 Å². The van der Waals surface area contributed by atoms with Gasteiger partial charge in [-0.15, -0.1) is 0 Å². The molecule has 0 saturated heterocycles. The second-order valence-electron chi connectivity index (χ2n) is 7.20. The van der Waals surface area contributed by atoms with Gasteiger partial charge in [0.15, 0.2) is 10.6 Å². The van der Waals surface area contributed by atoms with Gasteiger partial charge in [0, 0.05) is 24.2 Å². The Kier molecular flexibility index (Phi) is 7.16. The fourth-order valence-corrected chi connectivity index (χ4v) is 3.50. The number of amides is 1. The van der Waals surface area contributed by atoms with E-state index in [1.54, 1.807) is 0 Å². The van der Waals surface area contributed by atoms with Crippen molar-refractivity contribution < 1.29 is 14.3 Å². The molecule has 0 radical (unpaired) electrons. The third-order valence-electron chi connectivity index (χ3n) is 4.86. The molecule has 0 unspecified atom stereocenters. The zero-order chi connectivity index (χ0) is 23.0. The molecule has 0 aliphatic heterocycles. The van der Waals surface area contributed by atoms with Gasteiger partial charge in [0.25, 0.3) is 0 Å². The number of hydrogen-bond donors (Lipinski definition) is 2. The van der Waals surface area contributed by atoms with Crippen molar-refractivity contribution in [1.82, 2.24) is 14.8 Å². The molecule has 0 spiro atoms. The average molecular weight is 461 g/mol. The van der Waals surface area contributed by atoms with Crippen LogP contribution in [-0.2, 0) is 11.3 Å². The molecule has 1 aromatic heterocycles. The average Bonchev–Trinajstić information content (AvgIpc) is 3.20. The maximum atomic E-state index is 12.5. The third kappa shape index (κ3) is 5.87. The van der Waals surface area contributed by atoms with E-state index < -0.39 is 0 Å². The van der Waals surface area contributed by atoms with Crippen LogP contribution in [0.5, 0.6) is 17.2 Å².